The minimum Gasteiger partial charge on any atom is -0.316 e. The minimum absolute atomic E-state index is 0.300. The Balaban J connectivity index is 1.77. The first-order chi connectivity index (χ1) is 10.1. The fourth-order valence-corrected chi connectivity index (χ4v) is 3.79. The van der Waals surface area contributed by atoms with Gasteiger partial charge in [0.2, 0.25) is 0 Å². The van der Waals surface area contributed by atoms with E-state index in [1.165, 1.54) is 17.5 Å². The highest BCUT2D eigenvalue weighted by Crippen LogP contribution is 2.11. The summed E-state index contributed by atoms with van der Waals surface area (Å²) in [7, 11) is -2.78. The van der Waals surface area contributed by atoms with Crippen LogP contribution in [-0.2, 0) is 22.8 Å². The lowest BCUT2D eigenvalue weighted by Crippen LogP contribution is -2.39. The van der Waals surface area contributed by atoms with Crippen LogP contribution in [0.25, 0.3) is 0 Å². The molecule has 1 N–H and O–H groups in total. The summed E-state index contributed by atoms with van der Waals surface area (Å²) in [4.78, 5) is 2.22. The van der Waals surface area contributed by atoms with Gasteiger partial charge in [-0.25, -0.2) is 8.42 Å². The molecule has 1 aliphatic heterocycles. The largest absolute Gasteiger partial charge is 0.316 e. The minimum atomic E-state index is -2.78. The molecule has 0 saturated carbocycles. The van der Waals surface area contributed by atoms with E-state index in [2.05, 4.69) is 41.4 Å². The molecule has 0 radical (unpaired) electrons. The monoisotopic (exact) mass is 310 g/mol. The molecule has 1 saturated heterocycles. The average molecular weight is 310 g/mol. The number of nitrogens with one attached hydrogen (secondary N) is 1. The van der Waals surface area contributed by atoms with Crippen molar-refractivity contribution in [2.45, 2.75) is 26.3 Å². The molecule has 2 rings (SSSR count). The average Bonchev–Trinajstić information content (AvgIpc) is 2.47. The van der Waals surface area contributed by atoms with Crippen LogP contribution in [0, 0.1) is 0 Å². The predicted molar refractivity (Wildman–Crippen MR) is 87.2 cm³/mol. The highest BCUT2D eigenvalue weighted by Gasteiger charge is 2.21. The van der Waals surface area contributed by atoms with Crippen LogP contribution in [0.1, 0.15) is 24.5 Å². The molecule has 0 atom stereocenters. The van der Waals surface area contributed by atoms with Gasteiger partial charge in [0.15, 0.2) is 9.84 Å². The van der Waals surface area contributed by atoms with Crippen LogP contribution >= 0.6 is 0 Å². The molecule has 0 bridgehead atoms. The lowest BCUT2D eigenvalue weighted by atomic mass is 10.1. The van der Waals surface area contributed by atoms with Crippen molar-refractivity contribution < 1.29 is 8.42 Å². The van der Waals surface area contributed by atoms with E-state index in [1.54, 1.807) is 0 Å². The Kier molecular flexibility index (Phi) is 6.21. The van der Waals surface area contributed by atoms with Gasteiger partial charge >= 0.3 is 0 Å². The fourth-order valence-electron chi connectivity index (χ4n) is 2.51. The van der Waals surface area contributed by atoms with Gasteiger partial charge in [-0.2, -0.15) is 0 Å². The molecule has 21 heavy (non-hydrogen) atoms. The van der Waals surface area contributed by atoms with Crippen LogP contribution < -0.4 is 5.32 Å². The topological polar surface area (TPSA) is 49.4 Å². The van der Waals surface area contributed by atoms with Crippen molar-refractivity contribution in [2.24, 2.45) is 0 Å². The third kappa shape index (κ3) is 5.77. The Bertz CT molecular complexity index is 512. The number of hydrogen-bond donors (Lipinski definition) is 1. The molecule has 0 spiro atoms. The van der Waals surface area contributed by atoms with Gasteiger partial charge in [-0.05, 0) is 37.1 Å². The maximum absolute atomic E-state index is 11.4. The van der Waals surface area contributed by atoms with Crippen LogP contribution in [0.3, 0.4) is 0 Å². The summed E-state index contributed by atoms with van der Waals surface area (Å²) in [5.41, 5.74) is 2.61. The van der Waals surface area contributed by atoms with Crippen molar-refractivity contribution >= 4 is 9.84 Å². The molecule has 0 aromatic heterocycles. The van der Waals surface area contributed by atoms with Crippen LogP contribution in [0.5, 0.6) is 0 Å². The maximum atomic E-state index is 11.4. The molecule has 1 aliphatic rings. The van der Waals surface area contributed by atoms with E-state index in [9.17, 15) is 8.42 Å². The van der Waals surface area contributed by atoms with E-state index in [1.807, 2.05) is 0 Å². The van der Waals surface area contributed by atoms with Crippen LogP contribution in [0.4, 0.5) is 0 Å². The number of hydrogen-bond acceptors (Lipinski definition) is 4. The SMILES string of the molecule is CCCNCCc1ccc(CN2CCS(=O)(=O)CC2)cc1. The van der Waals surface area contributed by atoms with Crippen molar-refractivity contribution in [1.82, 2.24) is 10.2 Å². The first-order valence-electron chi connectivity index (χ1n) is 7.80. The smallest absolute Gasteiger partial charge is 0.152 e. The van der Waals surface area contributed by atoms with Gasteiger partial charge in [0.1, 0.15) is 0 Å². The molecular weight excluding hydrogens is 284 g/mol. The summed E-state index contributed by atoms with van der Waals surface area (Å²) in [5, 5.41) is 3.41. The van der Waals surface area contributed by atoms with Crippen molar-refractivity contribution in [3.63, 3.8) is 0 Å². The van der Waals surface area contributed by atoms with Gasteiger partial charge in [0.25, 0.3) is 0 Å². The van der Waals surface area contributed by atoms with Crippen molar-refractivity contribution in [2.75, 3.05) is 37.7 Å². The third-order valence-electron chi connectivity index (χ3n) is 3.88. The van der Waals surface area contributed by atoms with E-state index >= 15 is 0 Å². The van der Waals surface area contributed by atoms with E-state index in [0.29, 0.717) is 24.6 Å². The maximum Gasteiger partial charge on any atom is 0.152 e. The second kappa shape index (κ2) is 7.92. The molecule has 0 amide bonds. The molecule has 5 heteroatoms. The standard InChI is InChI=1S/C16H26N2O2S/c1-2-8-17-9-7-15-3-5-16(6-4-15)14-18-10-12-21(19,20)13-11-18/h3-6,17H,2,7-14H2,1H3. The van der Waals surface area contributed by atoms with Crippen LogP contribution in [0.2, 0.25) is 0 Å². The molecule has 1 aromatic carbocycles. The van der Waals surface area contributed by atoms with E-state index < -0.39 is 9.84 Å². The van der Waals surface area contributed by atoms with Crippen molar-refractivity contribution in [1.29, 1.82) is 0 Å². The van der Waals surface area contributed by atoms with Crippen LogP contribution in [0.15, 0.2) is 24.3 Å². The zero-order valence-corrected chi connectivity index (χ0v) is 13.7. The number of rotatable bonds is 7. The summed E-state index contributed by atoms with van der Waals surface area (Å²) in [6, 6.07) is 8.70. The Morgan fingerprint density at radius 2 is 1.67 bits per heavy atom. The first kappa shape index (κ1) is 16.5. The molecule has 4 nitrogen and oxygen atoms in total. The normalized spacial score (nSPS) is 18.7. The van der Waals surface area contributed by atoms with Crippen molar-refractivity contribution in [3.05, 3.63) is 35.4 Å². The second-order valence-electron chi connectivity index (χ2n) is 5.74. The molecule has 0 aliphatic carbocycles. The number of sulfone groups is 1. The highest BCUT2D eigenvalue weighted by atomic mass is 32.2. The predicted octanol–water partition coefficient (Wildman–Crippen LogP) is 1.46. The highest BCUT2D eigenvalue weighted by molar-refractivity contribution is 7.91. The Labute approximate surface area is 128 Å². The zero-order valence-electron chi connectivity index (χ0n) is 12.8. The van der Waals surface area contributed by atoms with Gasteiger partial charge < -0.3 is 5.32 Å². The quantitative estimate of drug-likeness (QED) is 0.775. The summed E-state index contributed by atoms with van der Waals surface area (Å²) in [6.07, 6.45) is 2.23. The molecule has 1 aromatic rings. The molecular formula is C16H26N2O2S. The van der Waals surface area contributed by atoms with Gasteiger partial charge in [-0.3, -0.25) is 4.90 Å². The third-order valence-corrected chi connectivity index (χ3v) is 5.49. The fraction of sp³-hybridized carbons (Fsp3) is 0.625. The van der Waals surface area contributed by atoms with E-state index in [-0.39, 0.29) is 0 Å². The summed E-state index contributed by atoms with van der Waals surface area (Å²) < 4.78 is 22.8. The van der Waals surface area contributed by atoms with E-state index in [0.717, 1.165) is 26.1 Å². The van der Waals surface area contributed by atoms with Crippen molar-refractivity contribution in [3.8, 4) is 0 Å². The lowest BCUT2D eigenvalue weighted by molar-refractivity contribution is 0.287. The molecule has 1 fully saturated rings. The Hall–Kier alpha value is -0.910. The Morgan fingerprint density at radius 1 is 1.05 bits per heavy atom. The van der Waals surface area contributed by atoms with Gasteiger partial charge in [-0.1, -0.05) is 31.2 Å². The number of benzene rings is 1. The lowest BCUT2D eigenvalue weighted by Gasteiger charge is -2.26. The first-order valence-corrected chi connectivity index (χ1v) is 9.62. The van der Waals surface area contributed by atoms with Gasteiger partial charge in [0.05, 0.1) is 11.5 Å². The zero-order chi connectivity index (χ0) is 15.1. The summed E-state index contributed by atoms with van der Waals surface area (Å²) >= 11 is 0. The van der Waals surface area contributed by atoms with Gasteiger partial charge in [-0.15, -0.1) is 0 Å². The molecule has 0 unspecified atom stereocenters. The number of nitrogens with zero attached hydrogens (tertiary/aromatic N) is 1. The molecule has 118 valence electrons. The van der Waals surface area contributed by atoms with Crippen LogP contribution in [-0.4, -0.2) is 51.0 Å². The van der Waals surface area contributed by atoms with E-state index in [4.69, 9.17) is 0 Å². The molecule has 1 heterocycles. The summed E-state index contributed by atoms with van der Waals surface area (Å²) in [6.45, 7) is 6.45. The second-order valence-corrected chi connectivity index (χ2v) is 8.05. The summed E-state index contributed by atoms with van der Waals surface area (Å²) in [5.74, 6) is 0.600. The Morgan fingerprint density at radius 3 is 2.29 bits per heavy atom. The van der Waals surface area contributed by atoms with Gasteiger partial charge in [0, 0.05) is 19.6 Å².